The number of nitrogens with zero attached hydrogens (tertiary/aromatic N) is 3. The first-order chi connectivity index (χ1) is 11.6. The SMILES string of the molecule is CCNC(=O)C1CCN(Cc2cc(=O)n3cccc(C)c3n2)CC1. The lowest BCUT2D eigenvalue weighted by molar-refractivity contribution is -0.126. The zero-order valence-corrected chi connectivity index (χ0v) is 14.3. The predicted molar refractivity (Wildman–Crippen MR) is 92.9 cm³/mol. The highest BCUT2D eigenvalue weighted by atomic mass is 16.2. The molecule has 6 nitrogen and oxygen atoms in total. The first-order valence-electron chi connectivity index (χ1n) is 8.56. The van der Waals surface area contributed by atoms with Crippen molar-refractivity contribution in [2.24, 2.45) is 5.92 Å². The number of nitrogens with one attached hydrogen (secondary N) is 1. The van der Waals surface area contributed by atoms with Gasteiger partial charge in [0.05, 0.1) is 5.69 Å². The summed E-state index contributed by atoms with van der Waals surface area (Å²) in [4.78, 5) is 31.1. The molecule has 0 aliphatic carbocycles. The van der Waals surface area contributed by atoms with Crippen molar-refractivity contribution in [1.29, 1.82) is 0 Å². The molecule has 0 atom stereocenters. The average molecular weight is 328 g/mol. The van der Waals surface area contributed by atoms with E-state index in [-0.39, 0.29) is 17.4 Å². The Labute approximate surface area is 141 Å². The highest BCUT2D eigenvalue weighted by molar-refractivity contribution is 5.78. The third-order valence-electron chi connectivity index (χ3n) is 4.63. The molecule has 0 unspecified atom stereocenters. The molecule has 0 saturated carbocycles. The molecule has 3 heterocycles. The van der Waals surface area contributed by atoms with E-state index in [0.717, 1.165) is 42.8 Å². The van der Waals surface area contributed by atoms with Crippen LogP contribution in [0, 0.1) is 12.8 Å². The van der Waals surface area contributed by atoms with E-state index in [4.69, 9.17) is 0 Å². The zero-order chi connectivity index (χ0) is 17.1. The van der Waals surface area contributed by atoms with E-state index >= 15 is 0 Å². The van der Waals surface area contributed by atoms with Crippen molar-refractivity contribution in [3.8, 4) is 0 Å². The molecular weight excluding hydrogens is 304 g/mol. The molecule has 0 bridgehead atoms. The summed E-state index contributed by atoms with van der Waals surface area (Å²) in [6, 6.07) is 5.43. The van der Waals surface area contributed by atoms with Crippen LogP contribution in [0.1, 0.15) is 31.0 Å². The molecule has 2 aromatic rings. The van der Waals surface area contributed by atoms with Gasteiger partial charge in [-0.25, -0.2) is 4.98 Å². The summed E-state index contributed by atoms with van der Waals surface area (Å²) in [5, 5.41) is 2.90. The van der Waals surface area contributed by atoms with Gasteiger partial charge < -0.3 is 5.32 Å². The maximum Gasteiger partial charge on any atom is 0.258 e. The number of carbonyl (C=O) groups is 1. The van der Waals surface area contributed by atoms with E-state index < -0.39 is 0 Å². The molecule has 24 heavy (non-hydrogen) atoms. The van der Waals surface area contributed by atoms with Crippen molar-refractivity contribution in [3.63, 3.8) is 0 Å². The van der Waals surface area contributed by atoms with Gasteiger partial charge in [0.2, 0.25) is 5.91 Å². The van der Waals surface area contributed by atoms with E-state index in [2.05, 4.69) is 15.2 Å². The van der Waals surface area contributed by atoms with Gasteiger partial charge in [-0.1, -0.05) is 6.07 Å². The van der Waals surface area contributed by atoms with Gasteiger partial charge in [0.15, 0.2) is 0 Å². The van der Waals surface area contributed by atoms with E-state index in [9.17, 15) is 9.59 Å². The Bertz CT molecular complexity index is 791. The van der Waals surface area contributed by atoms with Crippen LogP contribution in [0.25, 0.3) is 5.65 Å². The fraction of sp³-hybridized carbons (Fsp3) is 0.500. The van der Waals surface area contributed by atoms with Gasteiger partial charge in [-0.05, 0) is 51.4 Å². The summed E-state index contributed by atoms with van der Waals surface area (Å²) in [6.45, 7) is 6.96. The van der Waals surface area contributed by atoms with Gasteiger partial charge in [0.25, 0.3) is 5.56 Å². The van der Waals surface area contributed by atoms with E-state index in [1.807, 2.05) is 26.0 Å². The van der Waals surface area contributed by atoms with Crippen molar-refractivity contribution in [1.82, 2.24) is 19.6 Å². The number of aromatic nitrogens is 2. The number of aryl methyl sites for hydroxylation is 1. The van der Waals surface area contributed by atoms with Crippen LogP contribution in [0.4, 0.5) is 0 Å². The predicted octanol–water partition coefficient (Wildman–Crippen LogP) is 1.35. The lowest BCUT2D eigenvalue weighted by Gasteiger charge is -2.30. The Morgan fingerprint density at radius 3 is 2.83 bits per heavy atom. The third-order valence-corrected chi connectivity index (χ3v) is 4.63. The van der Waals surface area contributed by atoms with Crippen LogP contribution in [-0.4, -0.2) is 39.8 Å². The first kappa shape index (κ1) is 16.6. The van der Waals surface area contributed by atoms with E-state index in [1.165, 1.54) is 0 Å². The zero-order valence-electron chi connectivity index (χ0n) is 14.3. The van der Waals surface area contributed by atoms with Gasteiger partial charge in [-0.2, -0.15) is 0 Å². The second-order valence-electron chi connectivity index (χ2n) is 6.42. The standard InChI is InChI=1S/C18H24N4O2/c1-3-19-18(24)14-6-9-21(10-7-14)12-15-11-16(23)22-8-4-5-13(2)17(22)20-15/h4-5,8,11,14H,3,6-7,9-10,12H2,1-2H3,(H,19,24). The van der Waals surface area contributed by atoms with E-state index in [1.54, 1.807) is 16.7 Å². The molecule has 1 aliphatic rings. The molecule has 1 N–H and O–H groups in total. The lowest BCUT2D eigenvalue weighted by atomic mass is 9.96. The fourth-order valence-corrected chi connectivity index (χ4v) is 3.29. The fourth-order valence-electron chi connectivity index (χ4n) is 3.29. The van der Waals surface area contributed by atoms with Crippen molar-refractivity contribution in [2.45, 2.75) is 33.2 Å². The number of piperidine rings is 1. The third kappa shape index (κ3) is 3.48. The summed E-state index contributed by atoms with van der Waals surface area (Å²) >= 11 is 0. The van der Waals surface area contributed by atoms with Gasteiger partial charge >= 0.3 is 0 Å². The first-order valence-corrected chi connectivity index (χ1v) is 8.56. The largest absolute Gasteiger partial charge is 0.356 e. The number of carbonyl (C=O) groups excluding carboxylic acids is 1. The minimum Gasteiger partial charge on any atom is -0.356 e. The molecule has 2 aromatic heterocycles. The van der Waals surface area contributed by atoms with Crippen molar-refractivity contribution in [2.75, 3.05) is 19.6 Å². The molecule has 1 fully saturated rings. The number of fused-ring (bicyclic) bond motifs is 1. The second kappa shape index (κ2) is 7.13. The quantitative estimate of drug-likeness (QED) is 0.920. The van der Waals surface area contributed by atoms with Gasteiger partial charge in [-0.15, -0.1) is 0 Å². The normalized spacial score (nSPS) is 16.4. The number of rotatable bonds is 4. The summed E-state index contributed by atoms with van der Waals surface area (Å²) in [5.41, 5.74) is 2.46. The van der Waals surface area contributed by atoms with Crippen molar-refractivity contribution < 1.29 is 4.79 Å². The Hall–Kier alpha value is -2.21. The monoisotopic (exact) mass is 328 g/mol. The minimum absolute atomic E-state index is 0.0455. The van der Waals surface area contributed by atoms with Crippen LogP contribution in [-0.2, 0) is 11.3 Å². The van der Waals surface area contributed by atoms with E-state index in [0.29, 0.717) is 13.1 Å². The minimum atomic E-state index is -0.0455. The molecule has 0 aromatic carbocycles. The topological polar surface area (TPSA) is 66.7 Å². The van der Waals surface area contributed by atoms with Crippen molar-refractivity contribution in [3.05, 3.63) is 46.0 Å². The van der Waals surface area contributed by atoms with Crippen LogP contribution in [0.2, 0.25) is 0 Å². The van der Waals surface area contributed by atoms with Crippen LogP contribution in [0.15, 0.2) is 29.2 Å². The Balaban J connectivity index is 1.69. The maximum atomic E-state index is 12.3. The number of hydrogen-bond acceptors (Lipinski definition) is 4. The van der Waals surface area contributed by atoms with Crippen LogP contribution >= 0.6 is 0 Å². The molecular formula is C18H24N4O2. The molecule has 6 heteroatoms. The van der Waals surface area contributed by atoms with Crippen LogP contribution in [0.5, 0.6) is 0 Å². The Kier molecular flexibility index (Phi) is 4.94. The molecule has 3 rings (SSSR count). The highest BCUT2D eigenvalue weighted by Crippen LogP contribution is 2.19. The van der Waals surface area contributed by atoms with Crippen LogP contribution in [0.3, 0.4) is 0 Å². The number of hydrogen-bond donors (Lipinski definition) is 1. The molecule has 1 aliphatic heterocycles. The summed E-state index contributed by atoms with van der Waals surface area (Å²) in [7, 11) is 0. The summed E-state index contributed by atoms with van der Waals surface area (Å²) in [6.07, 6.45) is 3.47. The Morgan fingerprint density at radius 2 is 2.12 bits per heavy atom. The number of likely N-dealkylation sites (tertiary alicyclic amines) is 1. The van der Waals surface area contributed by atoms with Gasteiger partial charge in [0.1, 0.15) is 5.65 Å². The lowest BCUT2D eigenvalue weighted by Crippen LogP contribution is -2.40. The smallest absolute Gasteiger partial charge is 0.258 e. The molecule has 0 spiro atoms. The number of pyridine rings is 1. The molecule has 0 radical (unpaired) electrons. The van der Waals surface area contributed by atoms with Gasteiger partial charge in [0, 0.05) is 31.3 Å². The summed E-state index contributed by atoms with van der Waals surface area (Å²) in [5.74, 6) is 0.272. The molecule has 128 valence electrons. The number of amides is 1. The average Bonchev–Trinajstić information content (AvgIpc) is 2.57. The molecule has 1 amide bonds. The van der Waals surface area contributed by atoms with Crippen LogP contribution < -0.4 is 10.9 Å². The maximum absolute atomic E-state index is 12.3. The summed E-state index contributed by atoms with van der Waals surface area (Å²) < 4.78 is 1.58. The second-order valence-corrected chi connectivity index (χ2v) is 6.42. The van der Waals surface area contributed by atoms with Gasteiger partial charge in [-0.3, -0.25) is 18.9 Å². The molecule has 1 saturated heterocycles. The Morgan fingerprint density at radius 1 is 1.38 bits per heavy atom. The highest BCUT2D eigenvalue weighted by Gasteiger charge is 2.24. The van der Waals surface area contributed by atoms with Crippen molar-refractivity contribution >= 4 is 11.6 Å².